The van der Waals surface area contributed by atoms with E-state index in [0.29, 0.717) is 5.65 Å². The molecule has 0 aliphatic heterocycles. The van der Waals surface area contributed by atoms with Crippen molar-refractivity contribution in [1.29, 1.82) is 0 Å². The van der Waals surface area contributed by atoms with Crippen molar-refractivity contribution in [1.82, 2.24) is 14.6 Å². The fraction of sp³-hybridized carbons (Fsp3) is 0. The number of ether oxygens (including phenoxy) is 1. The molecule has 0 radical (unpaired) electrons. The molecule has 0 amide bonds. The Kier molecular flexibility index (Phi) is 1.97. The topological polar surface area (TPSA) is 76.7 Å². The van der Waals surface area contributed by atoms with Crippen LogP contribution in [0.3, 0.4) is 0 Å². The smallest absolute Gasteiger partial charge is 0.449 e. The molecule has 1 N–H and O–H groups in total. The zero-order valence-electron chi connectivity index (χ0n) is 6.72. The second kappa shape index (κ2) is 3.15. The fourth-order valence-corrected chi connectivity index (χ4v) is 1.26. The van der Waals surface area contributed by atoms with E-state index in [9.17, 15) is 4.79 Å². The summed E-state index contributed by atoms with van der Waals surface area (Å²) in [6.07, 6.45) is 0.0207. The normalized spacial score (nSPS) is 10.4. The van der Waals surface area contributed by atoms with Crippen LogP contribution < -0.4 is 4.74 Å². The maximum atomic E-state index is 10.2. The summed E-state index contributed by atoms with van der Waals surface area (Å²) in [7, 11) is 0. The third-order valence-corrected chi connectivity index (χ3v) is 1.83. The van der Waals surface area contributed by atoms with Crippen LogP contribution >= 0.6 is 11.6 Å². The Hall–Kier alpha value is -1.82. The molecule has 7 heteroatoms. The van der Waals surface area contributed by atoms with Gasteiger partial charge in [-0.1, -0.05) is 11.6 Å². The third kappa shape index (κ3) is 1.47. The zero-order chi connectivity index (χ0) is 10.1. The Labute approximate surface area is 82.7 Å². The molecule has 2 rings (SSSR count). The number of aromatic nitrogens is 3. The van der Waals surface area contributed by atoms with Crippen LogP contribution in [-0.4, -0.2) is 25.9 Å². The molecule has 0 fully saturated rings. The maximum Gasteiger partial charge on any atom is 0.511 e. The first-order valence-electron chi connectivity index (χ1n) is 3.57. The molecule has 0 aromatic carbocycles. The van der Waals surface area contributed by atoms with Crippen LogP contribution in [0.5, 0.6) is 5.75 Å². The van der Waals surface area contributed by atoms with Crippen LogP contribution in [0.25, 0.3) is 5.65 Å². The van der Waals surface area contributed by atoms with Gasteiger partial charge in [0.2, 0.25) is 0 Å². The van der Waals surface area contributed by atoms with Gasteiger partial charge in [-0.3, -0.25) is 4.40 Å². The van der Waals surface area contributed by atoms with Gasteiger partial charge in [0.15, 0.2) is 5.65 Å². The van der Waals surface area contributed by atoms with Crippen molar-refractivity contribution >= 4 is 23.4 Å². The molecule has 0 saturated heterocycles. The molecule has 72 valence electrons. The number of hydrogen-bond acceptors (Lipinski definition) is 4. The second-order valence-electron chi connectivity index (χ2n) is 2.44. The van der Waals surface area contributed by atoms with Crippen LogP contribution in [0.2, 0.25) is 5.15 Å². The van der Waals surface area contributed by atoms with E-state index in [1.165, 1.54) is 22.9 Å². The number of fused-ring (bicyclic) bond motifs is 1. The minimum absolute atomic E-state index is 0.114. The van der Waals surface area contributed by atoms with Gasteiger partial charge < -0.3 is 9.84 Å². The Morgan fingerprint density at radius 1 is 1.57 bits per heavy atom. The average molecular weight is 214 g/mol. The Bertz CT molecular complexity index is 496. The zero-order valence-corrected chi connectivity index (χ0v) is 7.47. The number of halogens is 1. The third-order valence-electron chi connectivity index (χ3n) is 1.54. The van der Waals surface area contributed by atoms with Gasteiger partial charge in [0, 0.05) is 12.1 Å². The lowest BCUT2D eigenvalue weighted by atomic mass is 10.4. The SMILES string of the molecule is O=C(O)Oc1cc(Cl)n2cnnc2c1. The van der Waals surface area contributed by atoms with Crippen LogP contribution in [0.1, 0.15) is 0 Å². The molecular weight excluding hydrogens is 210 g/mol. The minimum atomic E-state index is -1.40. The molecule has 6 nitrogen and oxygen atoms in total. The summed E-state index contributed by atoms with van der Waals surface area (Å²) in [4.78, 5) is 10.2. The number of rotatable bonds is 1. The van der Waals surface area contributed by atoms with E-state index in [4.69, 9.17) is 16.7 Å². The largest absolute Gasteiger partial charge is 0.511 e. The van der Waals surface area contributed by atoms with Crippen molar-refractivity contribution in [2.45, 2.75) is 0 Å². The molecule has 0 spiro atoms. The second-order valence-corrected chi connectivity index (χ2v) is 2.83. The van der Waals surface area contributed by atoms with E-state index < -0.39 is 6.16 Å². The van der Waals surface area contributed by atoms with Gasteiger partial charge in [0.25, 0.3) is 0 Å². The highest BCUT2D eigenvalue weighted by Gasteiger charge is 2.06. The van der Waals surface area contributed by atoms with Gasteiger partial charge >= 0.3 is 6.16 Å². The number of carbonyl (C=O) groups is 1. The summed E-state index contributed by atoms with van der Waals surface area (Å²) in [5, 5.41) is 16.0. The molecule has 0 saturated carbocycles. The van der Waals surface area contributed by atoms with Crippen LogP contribution in [0, 0.1) is 0 Å². The Morgan fingerprint density at radius 3 is 3.07 bits per heavy atom. The molecule has 0 atom stereocenters. The monoisotopic (exact) mass is 213 g/mol. The summed E-state index contributed by atoms with van der Waals surface area (Å²) >= 11 is 5.80. The highest BCUT2D eigenvalue weighted by atomic mass is 35.5. The van der Waals surface area contributed by atoms with Crippen molar-refractivity contribution in [3.8, 4) is 5.75 Å². The molecule has 0 bridgehead atoms. The highest BCUT2D eigenvalue weighted by molar-refractivity contribution is 6.29. The van der Waals surface area contributed by atoms with E-state index in [2.05, 4.69) is 14.9 Å². The van der Waals surface area contributed by atoms with Crippen molar-refractivity contribution in [3.63, 3.8) is 0 Å². The van der Waals surface area contributed by atoms with E-state index in [0.717, 1.165) is 0 Å². The summed E-state index contributed by atoms with van der Waals surface area (Å²) < 4.78 is 5.92. The van der Waals surface area contributed by atoms with Crippen LogP contribution in [0.4, 0.5) is 4.79 Å². The predicted molar refractivity (Wildman–Crippen MR) is 46.6 cm³/mol. The van der Waals surface area contributed by atoms with E-state index in [1.807, 2.05) is 0 Å². The van der Waals surface area contributed by atoms with Gasteiger partial charge in [-0.2, -0.15) is 0 Å². The van der Waals surface area contributed by atoms with Crippen molar-refractivity contribution in [2.24, 2.45) is 0 Å². The summed E-state index contributed by atoms with van der Waals surface area (Å²) in [6.45, 7) is 0. The number of nitrogens with zero attached hydrogens (tertiary/aromatic N) is 3. The molecular formula is C7H4ClN3O3. The summed E-state index contributed by atoms with van der Waals surface area (Å²) in [6, 6.07) is 2.79. The fourth-order valence-electron chi connectivity index (χ4n) is 1.02. The van der Waals surface area contributed by atoms with Gasteiger partial charge in [-0.05, 0) is 0 Å². The van der Waals surface area contributed by atoms with Crippen molar-refractivity contribution in [2.75, 3.05) is 0 Å². The molecule has 0 unspecified atom stereocenters. The Morgan fingerprint density at radius 2 is 2.36 bits per heavy atom. The molecule has 2 aromatic rings. The Balaban J connectivity index is 2.53. The lowest BCUT2D eigenvalue weighted by molar-refractivity contribution is 0.144. The number of hydrogen-bond donors (Lipinski definition) is 1. The average Bonchev–Trinajstić information content (AvgIpc) is 2.50. The molecule has 2 aromatic heterocycles. The quantitative estimate of drug-likeness (QED) is 0.573. The minimum Gasteiger partial charge on any atom is -0.449 e. The van der Waals surface area contributed by atoms with Gasteiger partial charge in [0.05, 0.1) is 0 Å². The van der Waals surface area contributed by atoms with Crippen molar-refractivity contribution < 1.29 is 14.6 Å². The van der Waals surface area contributed by atoms with Crippen LogP contribution in [0.15, 0.2) is 18.5 Å². The van der Waals surface area contributed by atoms with E-state index in [1.54, 1.807) is 0 Å². The van der Waals surface area contributed by atoms with E-state index >= 15 is 0 Å². The van der Waals surface area contributed by atoms with Crippen molar-refractivity contribution in [3.05, 3.63) is 23.6 Å². The molecule has 2 heterocycles. The number of carboxylic acid groups (broad SMARTS) is 1. The van der Waals surface area contributed by atoms with E-state index in [-0.39, 0.29) is 10.9 Å². The molecule has 14 heavy (non-hydrogen) atoms. The van der Waals surface area contributed by atoms with Gasteiger partial charge in [-0.15, -0.1) is 10.2 Å². The first-order chi connectivity index (χ1) is 6.66. The van der Waals surface area contributed by atoms with Gasteiger partial charge in [0.1, 0.15) is 17.2 Å². The lowest BCUT2D eigenvalue weighted by Crippen LogP contribution is -2.03. The maximum absolute atomic E-state index is 10.2. The number of pyridine rings is 1. The molecule has 0 aliphatic rings. The van der Waals surface area contributed by atoms with Crippen LogP contribution in [-0.2, 0) is 0 Å². The highest BCUT2D eigenvalue weighted by Crippen LogP contribution is 2.20. The molecule has 0 aliphatic carbocycles. The first kappa shape index (κ1) is 8.76. The summed E-state index contributed by atoms with van der Waals surface area (Å²) in [5.41, 5.74) is 0.425. The summed E-state index contributed by atoms with van der Waals surface area (Å²) in [5.74, 6) is 0.114. The predicted octanol–water partition coefficient (Wildman–Crippen LogP) is 1.44. The lowest BCUT2D eigenvalue weighted by Gasteiger charge is -2.01. The van der Waals surface area contributed by atoms with Gasteiger partial charge in [-0.25, -0.2) is 4.79 Å². The standard InChI is InChI=1S/C7H4ClN3O3/c8-5-1-4(14-7(12)13)2-6-10-9-3-11(5)6/h1-3H,(H,12,13). The first-order valence-corrected chi connectivity index (χ1v) is 3.94.